The van der Waals surface area contributed by atoms with Crippen molar-refractivity contribution in [1.29, 1.82) is 0 Å². The third kappa shape index (κ3) is 3.63. The van der Waals surface area contributed by atoms with E-state index in [0.29, 0.717) is 6.42 Å². The average Bonchev–Trinajstić information content (AvgIpc) is 2.57. The number of aryl methyl sites for hydroxylation is 1. The number of hydrogen-bond donors (Lipinski definition) is 1. The molecular formula is C16H22FNO. The van der Waals surface area contributed by atoms with Crippen LogP contribution in [0.25, 0.3) is 0 Å². The maximum atomic E-state index is 13.1. The molecule has 0 bridgehead atoms. The molecule has 0 amide bonds. The zero-order chi connectivity index (χ0) is 13.8. The zero-order valence-corrected chi connectivity index (χ0v) is 11.5. The van der Waals surface area contributed by atoms with Crippen LogP contribution in [0.2, 0.25) is 0 Å². The quantitative estimate of drug-likeness (QED) is 0.851. The van der Waals surface area contributed by atoms with Crippen LogP contribution in [-0.2, 0) is 11.2 Å². The van der Waals surface area contributed by atoms with E-state index >= 15 is 0 Å². The molecule has 2 nitrogen and oxygen atoms in total. The van der Waals surface area contributed by atoms with Crippen molar-refractivity contribution in [2.45, 2.75) is 51.5 Å². The Labute approximate surface area is 114 Å². The van der Waals surface area contributed by atoms with Gasteiger partial charge in [0.05, 0.1) is 0 Å². The van der Waals surface area contributed by atoms with Crippen LogP contribution >= 0.6 is 0 Å². The summed E-state index contributed by atoms with van der Waals surface area (Å²) in [6.45, 7) is 1.85. The lowest BCUT2D eigenvalue weighted by Crippen LogP contribution is -2.35. The van der Waals surface area contributed by atoms with E-state index in [1.54, 1.807) is 6.07 Å². The highest BCUT2D eigenvalue weighted by atomic mass is 19.1. The molecule has 2 atom stereocenters. The van der Waals surface area contributed by atoms with Gasteiger partial charge >= 0.3 is 0 Å². The number of Topliss-reactive ketones (excluding diaryl/α,β-unsaturated/α-hetero) is 1. The van der Waals surface area contributed by atoms with Crippen molar-refractivity contribution in [1.82, 2.24) is 0 Å². The number of rotatable bonds is 3. The van der Waals surface area contributed by atoms with Gasteiger partial charge < -0.3 is 5.73 Å². The molecule has 0 saturated heterocycles. The Bertz CT molecular complexity index is 458. The molecule has 2 unspecified atom stereocenters. The van der Waals surface area contributed by atoms with Gasteiger partial charge in [0.15, 0.2) is 0 Å². The maximum Gasteiger partial charge on any atom is 0.141 e. The molecule has 1 saturated carbocycles. The van der Waals surface area contributed by atoms with E-state index in [2.05, 4.69) is 0 Å². The van der Waals surface area contributed by atoms with Crippen LogP contribution in [0, 0.1) is 18.7 Å². The standard InChI is InChI=1S/C16H22FNO/c1-11-9-13(17)8-7-12(11)10-16(19)14-5-3-2-4-6-15(14)18/h7-9,14-15H,2-6,10,18H2,1H3. The summed E-state index contributed by atoms with van der Waals surface area (Å²) in [6.07, 6.45) is 5.61. The Morgan fingerprint density at radius 2 is 2.05 bits per heavy atom. The Morgan fingerprint density at radius 1 is 1.32 bits per heavy atom. The monoisotopic (exact) mass is 263 g/mol. The van der Waals surface area contributed by atoms with Crippen molar-refractivity contribution >= 4 is 5.78 Å². The molecule has 1 aromatic rings. The second-order valence-electron chi connectivity index (χ2n) is 5.62. The van der Waals surface area contributed by atoms with E-state index in [4.69, 9.17) is 5.73 Å². The number of hydrogen-bond acceptors (Lipinski definition) is 2. The van der Waals surface area contributed by atoms with Crippen LogP contribution in [-0.4, -0.2) is 11.8 Å². The minimum atomic E-state index is -0.250. The predicted molar refractivity (Wildman–Crippen MR) is 74.4 cm³/mol. The molecule has 104 valence electrons. The van der Waals surface area contributed by atoms with Crippen LogP contribution in [0.5, 0.6) is 0 Å². The van der Waals surface area contributed by atoms with Gasteiger partial charge in [-0.2, -0.15) is 0 Å². The SMILES string of the molecule is Cc1cc(F)ccc1CC(=O)C1CCCCCC1N. The number of halogens is 1. The van der Waals surface area contributed by atoms with Gasteiger partial charge in [-0.25, -0.2) is 4.39 Å². The van der Waals surface area contributed by atoms with E-state index < -0.39 is 0 Å². The van der Waals surface area contributed by atoms with Crippen LogP contribution in [0.4, 0.5) is 4.39 Å². The molecular weight excluding hydrogens is 241 g/mol. The van der Waals surface area contributed by atoms with E-state index in [1.807, 2.05) is 6.92 Å². The van der Waals surface area contributed by atoms with Crippen molar-refractivity contribution in [3.05, 3.63) is 35.1 Å². The first-order valence-electron chi connectivity index (χ1n) is 7.11. The number of carbonyl (C=O) groups is 1. The first kappa shape index (κ1) is 14.2. The molecule has 3 heteroatoms. The highest BCUT2D eigenvalue weighted by Gasteiger charge is 2.26. The molecule has 2 N–H and O–H groups in total. The lowest BCUT2D eigenvalue weighted by Gasteiger charge is -2.20. The molecule has 0 aromatic heterocycles. The molecule has 1 fully saturated rings. The predicted octanol–water partition coefficient (Wildman–Crippen LogP) is 3.15. The summed E-state index contributed by atoms with van der Waals surface area (Å²) in [7, 11) is 0. The third-order valence-corrected chi connectivity index (χ3v) is 4.15. The molecule has 2 rings (SSSR count). The molecule has 1 aliphatic carbocycles. The lowest BCUT2D eigenvalue weighted by atomic mass is 9.87. The molecule has 0 spiro atoms. The Kier molecular flexibility index (Phi) is 4.70. The summed E-state index contributed by atoms with van der Waals surface area (Å²) in [4.78, 5) is 12.4. The zero-order valence-electron chi connectivity index (χ0n) is 11.5. The fourth-order valence-electron chi connectivity index (χ4n) is 2.91. The number of benzene rings is 1. The van der Waals surface area contributed by atoms with Crippen molar-refractivity contribution in [2.75, 3.05) is 0 Å². The summed E-state index contributed by atoms with van der Waals surface area (Å²) < 4.78 is 13.1. The normalized spacial score (nSPS) is 23.9. The number of ketones is 1. The first-order chi connectivity index (χ1) is 9.08. The molecule has 1 aromatic carbocycles. The first-order valence-corrected chi connectivity index (χ1v) is 7.11. The lowest BCUT2D eigenvalue weighted by molar-refractivity contribution is -0.123. The van der Waals surface area contributed by atoms with Gasteiger partial charge in [0.2, 0.25) is 0 Å². The summed E-state index contributed by atoms with van der Waals surface area (Å²) >= 11 is 0. The average molecular weight is 263 g/mol. The van der Waals surface area contributed by atoms with Crippen molar-refractivity contribution in [3.8, 4) is 0 Å². The topological polar surface area (TPSA) is 43.1 Å². The Hall–Kier alpha value is -1.22. The molecule has 0 radical (unpaired) electrons. The molecule has 1 aliphatic rings. The smallest absolute Gasteiger partial charge is 0.141 e. The van der Waals surface area contributed by atoms with Crippen LogP contribution < -0.4 is 5.73 Å². The van der Waals surface area contributed by atoms with Gasteiger partial charge in [0.25, 0.3) is 0 Å². The minimum Gasteiger partial charge on any atom is -0.327 e. The minimum absolute atomic E-state index is 0.00393. The van der Waals surface area contributed by atoms with E-state index in [9.17, 15) is 9.18 Å². The molecule has 19 heavy (non-hydrogen) atoms. The molecule has 0 aliphatic heterocycles. The van der Waals surface area contributed by atoms with Crippen LogP contribution in [0.15, 0.2) is 18.2 Å². The van der Waals surface area contributed by atoms with Crippen LogP contribution in [0.1, 0.15) is 43.2 Å². The van der Waals surface area contributed by atoms with E-state index in [-0.39, 0.29) is 23.6 Å². The summed E-state index contributed by atoms with van der Waals surface area (Å²) in [5, 5.41) is 0. The highest BCUT2D eigenvalue weighted by molar-refractivity contribution is 5.84. The van der Waals surface area contributed by atoms with Gasteiger partial charge in [-0.05, 0) is 43.0 Å². The Morgan fingerprint density at radius 3 is 2.79 bits per heavy atom. The van der Waals surface area contributed by atoms with Gasteiger partial charge in [-0.3, -0.25) is 4.79 Å². The largest absolute Gasteiger partial charge is 0.327 e. The van der Waals surface area contributed by atoms with Crippen molar-refractivity contribution < 1.29 is 9.18 Å². The number of carbonyl (C=O) groups excluding carboxylic acids is 1. The highest BCUT2D eigenvalue weighted by Crippen LogP contribution is 2.24. The van der Waals surface area contributed by atoms with Crippen molar-refractivity contribution in [2.24, 2.45) is 11.7 Å². The molecule has 0 heterocycles. The van der Waals surface area contributed by atoms with Gasteiger partial charge in [0, 0.05) is 18.4 Å². The van der Waals surface area contributed by atoms with E-state index in [0.717, 1.165) is 36.8 Å². The Balaban J connectivity index is 2.07. The van der Waals surface area contributed by atoms with Gasteiger partial charge in [-0.15, -0.1) is 0 Å². The van der Waals surface area contributed by atoms with Gasteiger partial charge in [0.1, 0.15) is 11.6 Å². The van der Waals surface area contributed by atoms with Gasteiger partial charge in [-0.1, -0.05) is 25.3 Å². The summed E-state index contributed by atoms with van der Waals surface area (Å²) in [5.74, 6) is -0.0593. The van der Waals surface area contributed by atoms with Crippen molar-refractivity contribution in [3.63, 3.8) is 0 Å². The number of nitrogens with two attached hydrogens (primary N) is 1. The summed E-state index contributed by atoms with van der Waals surface area (Å²) in [6, 6.07) is 4.61. The maximum absolute atomic E-state index is 13.1. The van der Waals surface area contributed by atoms with Crippen LogP contribution in [0.3, 0.4) is 0 Å². The second-order valence-corrected chi connectivity index (χ2v) is 5.62. The summed E-state index contributed by atoms with van der Waals surface area (Å²) in [5.41, 5.74) is 7.88. The van der Waals surface area contributed by atoms with E-state index in [1.165, 1.54) is 18.6 Å². The second kappa shape index (κ2) is 6.29. The third-order valence-electron chi connectivity index (χ3n) is 4.15. The fraction of sp³-hybridized carbons (Fsp3) is 0.562. The fourth-order valence-corrected chi connectivity index (χ4v) is 2.91.